The normalized spacial score (nSPS) is 14.1. The van der Waals surface area contributed by atoms with E-state index in [9.17, 15) is 0 Å². The van der Waals surface area contributed by atoms with E-state index in [1.165, 1.54) is 11.1 Å². The molecule has 0 spiro atoms. The molecule has 0 fully saturated rings. The Morgan fingerprint density at radius 2 is 2.33 bits per heavy atom. The average Bonchev–Trinajstić information content (AvgIpc) is 2.17. The zero-order valence-corrected chi connectivity index (χ0v) is 7.08. The van der Waals surface area contributed by atoms with E-state index < -0.39 is 0 Å². The van der Waals surface area contributed by atoms with Crippen LogP contribution in [0.3, 0.4) is 0 Å². The highest BCUT2D eigenvalue weighted by atomic mass is 16.5. The third-order valence-electron chi connectivity index (χ3n) is 2.11. The minimum atomic E-state index is 0.882. The Labute approximate surface area is 71.9 Å². The summed E-state index contributed by atoms with van der Waals surface area (Å²) < 4.78 is 5.25. The quantitative estimate of drug-likeness (QED) is 0.614. The maximum atomic E-state index is 5.25. The Morgan fingerprint density at radius 1 is 1.42 bits per heavy atom. The van der Waals surface area contributed by atoms with Crippen LogP contribution in [-0.4, -0.2) is 19.9 Å². The van der Waals surface area contributed by atoms with E-state index in [1.54, 1.807) is 7.11 Å². The molecular formula is C10H11NO. The molecule has 0 bridgehead atoms. The van der Waals surface area contributed by atoms with Crippen molar-refractivity contribution in [2.75, 3.05) is 13.7 Å². The molecule has 0 atom stereocenters. The van der Waals surface area contributed by atoms with Gasteiger partial charge in [0.1, 0.15) is 5.75 Å². The van der Waals surface area contributed by atoms with E-state index in [2.05, 4.69) is 11.1 Å². The minimum Gasteiger partial charge on any atom is -0.496 e. The molecule has 0 aromatic heterocycles. The van der Waals surface area contributed by atoms with Crippen LogP contribution in [0.4, 0.5) is 0 Å². The van der Waals surface area contributed by atoms with Gasteiger partial charge in [0, 0.05) is 18.3 Å². The standard InChI is InChI=1S/C10H11NO/c1-12-10-4-2-3-8-7-11-6-5-9(8)10/h2-4,7H,5-6H2,1H3. The van der Waals surface area contributed by atoms with Gasteiger partial charge in [-0.3, -0.25) is 4.99 Å². The lowest BCUT2D eigenvalue weighted by atomic mass is 10.0. The van der Waals surface area contributed by atoms with Crippen molar-refractivity contribution in [3.63, 3.8) is 0 Å². The highest BCUT2D eigenvalue weighted by molar-refractivity contribution is 5.84. The number of fused-ring (bicyclic) bond motifs is 1. The van der Waals surface area contributed by atoms with E-state index in [4.69, 9.17) is 4.74 Å². The molecule has 1 heterocycles. The number of hydrogen-bond donors (Lipinski definition) is 0. The zero-order valence-electron chi connectivity index (χ0n) is 7.08. The number of ether oxygens (including phenoxy) is 1. The van der Waals surface area contributed by atoms with Crippen LogP contribution in [-0.2, 0) is 6.42 Å². The monoisotopic (exact) mass is 161 g/mol. The van der Waals surface area contributed by atoms with Crippen LogP contribution in [0.15, 0.2) is 23.2 Å². The molecule has 0 unspecified atom stereocenters. The van der Waals surface area contributed by atoms with Gasteiger partial charge in [-0.15, -0.1) is 0 Å². The largest absolute Gasteiger partial charge is 0.496 e. The molecule has 1 aromatic rings. The Balaban J connectivity index is 2.53. The molecule has 1 aliphatic rings. The van der Waals surface area contributed by atoms with Crippen LogP contribution in [0.2, 0.25) is 0 Å². The summed E-state index contributed by atoms with van der Waals surface area (Å²) in [5.41, 5.74) is 2.48. The summed E-state index contributed by atoms with van der Waals surface area (Å²) >= 11 is 0. The third-order valence-corrected chi connectivity index (χ3v) is 2.11. The number of aliphatic imine (C=N–C) groups is 1. The first-order valence-electron chi connectivity index (χ1n) is 4.07. The summed E-state index contributed by atoms with van der Waals surface area (Å²) in [6, 6.07) is 6.06. The molecule has 12 heavy (non-hydrogen) atoms. The number of nitrogens with zero attached hydrogens (tertiary/aromatic N) is 1. The molecule has 0 amide bonds. The molecular weight excluding hydrogens is 150 g/mol. The van der Waals surface area contributed by atoms with Crippen molar-refractivity contribution in [3.05, 3.63) is 29.3 Å². The van der Waals surface area contributed by atoms with E-state index >= 15 is 0 Å². The van der Waals surface area contributed by atoms with Crippen molar-refractivity contribution in [2.45, 2.75) is 6.42 Å². The van der Waals surface area contributed by atoms with Gasteiger partial charge in [-0.2, -0.15) is 0 Å². The lowest BCUT2D eigenvalue weighted by Crippen LogP contribution is -2.04. The molecule has 0 saturated heterocycles. The van der Waals surface area contributed by atoms with Crippen LogP contribution >= 0.6 is 0 Å². The van der Waals surface area contributed by atoms with Crippen molar-refractivity contribution in [2.24, 2.45) is 4.99 Å². The Bertz CT molecular complexity index is 318. The van der Waals surface area contributed by atoms with Crippen molar-refractivity contribution in [1.82, 2.24) is 0 Å². The first-order valence-corrected chi connectivity index (χ1v) is 4.07. The lowest BCUT2D eigenvalue weighted by Gasteiger charge is -2.13. The fourth-order valence-corrected chi connectivity index (χ4v) is 1.50. The fraction of sp³-hybridized carbons (Fsp3) is 0.300. The van der Waals surface area contributed by atoms with Gasteiger partial charge in [-0.25, -0.2) is 0 Å². The lowest BCUT2D eigenvalue weighted by molar-refractivity contribution is 0.409. The summed E-state index contributed by atoms with van der Waals surface area (Å²) in [7, 11) is 1.71. The van der Waals surface area contributed by atoms with Gasteiger partial charge in [0.25, 0.3) is 0 Å². The molecule has 0 N–H and O–H groups in total. The van der Waals surface area contributed by atoms with Gasteiger partial charge in [0.15, 0.2) is 0 Å². The topological polar surface area (TPSA) is 21.6 Å². The maximum absolute atomic E-state index is 5.25. The summed E-state index contributed by atoms with van der Waals surface area (Å²) in [5, 5.41) is 0. The summed E-state index contributed by atoms with van der Waals surface area (Å²) in [5.74, 6) is 0.985. The van der Waals surface area contributed by atoms with E-state index in [0.717, 1.165) is 18.7 Å². The molecule has 0 radical (unpaired) electrons. The van der Waals surface area contributed by atoms with E-state index in [-0.39, 0.29) is 0 Å². The predicted octanol–water partition coefficient (Wildman–Crippen LogP) is 1.67. The Hall–Kier alpha value is -1.31. The number of rotatable bonds is 1. The second kappa shape index (κ2) is 2.97. The maximum Gasteiger partial charge on any atom is 0.122 e. The van der Waals surface area contributed by atoms with Gasteiger partial charge in [-0.05, 0) is 18.1 Å². The minimum absolute atomic E-state index is 0.882. The second-order valence-corrected chi connectivity index (χ2v) is 2.81. The van der Waals surface area contributed by atoms with E-state index in [0.29, 0.717) is 0 Å². The number of benzene rings is 1. The third kappa shape index (κ3) is 1.09. The van der Waals surface area contributed by atoms with Gasteiger partial charge in [0.2, 0.25) is 0 Å². The summed E-state index contributed by atoms with van der Waals surface area (Å²) in [6.45, 7) is 0.882. The smallest absolute Gasteiger partial charge is 0.122 e. The van der Waals surface area contributed by atoms with E-state index in [1.807, 2.05) is 18.3 Å². The molecule has 0 saturated carbocycles. The van der Waals surface area contributed by atoms with Crippen LogP contribution in [0.25, 0.3) is 0 Å². The van der Waals surface area contributed by atoms with Gasteiger partial charge < -0.3 is 4.74 Å². The van der Waals surface area contributed by atoms with Crippen molar-refractivity contribution in [3.8, 4) is 5.75 Å². The molecule has 62 valence electrons. The van der Waals surface area contributed by atoms with Crippen LogP contribution in [0, 0.1) is 0 Å². The Kier molecular flexibility index (Phi) is 1.82. The van der Waals surface area contributed by atoms with Gasteiger partial charge in [0.05, 0.1) is 7.11 Å². The van der Waals surface area contributed by atoms with Crippen molar-refractivity contribution >= 4 is 6.21 Å². The predicted molar refractivity (Wildman–Crippen MR) is 49.2 cm³/mol. The van der Waals surface area contributed by atoms with Gasteiger partial charge >= 0.3 is 0 Å². The summed E-state index contributed by atoms with van der Waals surface area (Å²) in [6.07, 6.45) is 2.91. The molecule has 1 aromatic carbocycles. The zero-order chi connectivity index (χ0) is 8.39. The SMILES string of the molecule is COc1cccc2c1CCN=C2. The fourth-order valence-electron chi connectivity index (χ4n) is 1.50. The number of hydrogen-bond acceptors (Lipinski definition) is 2. The highest BCUT2D eigenvalue weighted by Crippen LogP contribution is 2.23. The highest BCUT2D eigenvalue weighted by Gasteiger charge is 2.09. The molecule has 2 nitrogen and oxygen atoms in total. The second-order valence-electron chi connectivity index (χ2n) is 2.81. The van der Waals surface area contributed by atoms with Crippen LogP contribution in [0.1, 0.15) is 11.1 Å². The molecule has 2 rings (SSSR count). The van der Waals surface area contributed by atoms with Gasteiger partial charge in [-0.1, -0.05) is 12.1 Å². The number of methoxy groups -OCH3 is 1. The molecule has 0 aliphatic carbocycles. The first-order chi connectivity index (χ1) is 5.92. The van der Waals surface area contributed by atoms with Crippen LogP contribution < -0.4 is 4.74 Å². The van der Waals surface area contributed by atoms with Crippen LogP contribution in [0.5, 0.6) is 5.75 Å². The first kappa shape index (κ1) is 7.35. The van der Waals surface area contributed by atoms with Crippen molar-refractivity contribution in [1.29, 1.82) is 0 Å². The molecule has 1 aliphatic heterocycles. The van der Waals surface area contributed by atoms with Crippen molar-refractivity contribution < 1.29 is 4.74 Å². The summed E-state index contributed by atoms with van der Waals surface area (Å²) in [4.78, 5) is 4.21. The Morgan fingerprint density at radius 3 is 3.17 bits per heavy atom. The molecule has 2 heteroatoms. The average molecular weight is 161 g/mol.